The fraction of sp³-hybridized carbons (Fsp3) is 0.500. The molecule has 0 aliphatic carbocycles. The van der Waals surface area contributed by atoms with Gasteiger partial charge in [0.25, 0.3) is 0 Å². The largest absolute Gasteiger partial charge is 0.419 e. The topological polar surface area (TPSA) is 28.2 Å². The zero-order valence-electron chi connectivity index (χ0n) is 8.89. The minimum atomic E-state index is -4.38. The van der Waals surface area contributed by atoms with Crippen LogP contribution >= 0.6 is 15.9 Å². The first-order chi connectivity index (χ1) is 7.98. The van der Waals surface area contributed by atoms with Crippen molar-refractivity contribution in [3.05, 3.63) is 22.3 Å². The van der Waals surface area contributed by atoms with Gasteiger partial charge in [0.15, 0.2) is 0 Å². The highest BCUT2D eigenvalue weighted by atomic mass is 79.9. The van der Waals surface area contributed by atoms with Crippen molar-refractivity contribution in [1.29, 1.82) is 0 Å². The van der Waals surface area contributed by atoms with Crippen molar-refractivity contribution in [3.8, 4) is 0 Å². The van der Waals surface area contributed by atoms with Gasteiger partial charge in [-0.05, 0) is 22.0 Å². The Kier molecular flexibility index (Phi) is 3.58. The molecule has 1 aromatic rings. The Labute approximate surface area is 105 Å². The Balaban J connectivity index is 2.38. The zero-order valence-corrected chi connectivity index (χ0v) is 10.5. The Morgan fingerprint density at radius 3 is 2.53 bits per heavy atom. The van der Waals surface area contributed by atoms with Crippen molar-refractivity contribution >= 4 is 21.7 Å². The summed E-state index contributed by atoms with van der Waals surface area (Å²) in [6.07, 6.45) is -2.98. The molecule has 1 N–H and O–H groups in total. The summed E-state index contributed by atoms with van der Waals surface area (Å²) in [5.74, 6) is 0.0159. The minimum Gasteiger partial charge on any atom is -0.354 e. The first-order valence-corrected chi connectivity index (χ1v) is 5.96. The van der Waals surface area contributed by atoms with Crippen LogP contribution in [0.5, 0.6) is 0 Å². The highest BCUT2D eigenvalue weighted by Crippen LogP contribution is 2.36. The number of halogens is 4. The normalized spacial score (nSPS) is 17.3. The van der Waals surface area contributed by atoms with Crippen LogP contribution in [0.3, 0.4) is 0 Å². The number of piperazine rings is 1. The van der Waals surface area contributed by atoms with Gasteiger partial charge in [0.05, 0.1) is 5.56 Å². The first kappa shape index (κ1) is 12.6. The second kappa shape index (κ2) is 4.81. The molecule has 0 radical (unpaired) electrons. The molecule has 7 heteroatoms. The molecule has 94 valence electrons. The summed E-state index contributed by atoms with van der Waals surface area (Å²) in [6.45, 7) is 2.43. The van der Waals surface area contributed by atoms with Gasteiger partial charge in [-0.1, -0.05) is 0 Å². The number of nitrogens with one attached hydrogen (secondary N) is 1. The molecule has 1 aliphatic heterocycles. The number of aromatic nitrogens is 1. The van der Waals surface area contributed by atoms with Gasteiger partial charge in [0, 0.05) is 36.8 Å². The van der Waals surface area contributed by atoms with Gasteiger partial charge in [-0.3, -0.25) is 0 Å². The Hall–Kier alpha value is -0.820. The lowest BCUT2D eigenvalue weighted by atomic mass is 10.2. The van der Waals surface area contributed by atoms with E-state index in [4.69, 9.17) is 0 Å². The number of nitrogens with zero attached hydrogens (tertiary/aromatic N) is 2. The smallest absolute Gasteiger partial charge is 0.354 e. The monoisotopic (exact) mass is 309 g/mol. The Bertz CT molecular complexity index is 402. The van der Waals surface area contributed by atoms with Gasteiger partial charge in [-0.25, -0.2) is 4.98 Å². The Morgan fingerprint density at radius 2 is 1.94 bits per heavy atom. The highest BCUT2D eigenvalue weighted by Gasteiger charge is 2.36. The Morgan fingerprint density at radius 1 is 1.29 bits per heavy atom. The molecule has 17 heavy (non-hydrogen) atoms. The maximum absolute atomic E-state index is 12.9. The van der Waals surface area contributed by atoms with E-state index >= 15 is 0 Å². The average molecular weight is 310 g/mol. The number of hydrogen-bond donors (Lipinski definition) is 1. The number of rotatable bonds is 1. The van der Waals surface area contributed by atoms with E-state index in [9.17, 15) is 13.2 Å². The van der Waals surface area contributed by atoms with E-state index in [-0.39, 0.29) is 5.82 Å². The van der Waals surface area contributed by atoms with Crippen LogP contribution in [0.25, 0.3) is 0 Å². The quantitative estimate of drug-likeness (QED) is 0.862. The molecule has 2 heterocycles. The van der Waals surface area contributed by atoms with Crippen molar-refractivity contribution in [2.75, 3.05) is 31.1 Å². The molecular weight excluding hydrogens is 299 g/mol. The zero-order chi connectivity index (χ0) is 12.5. The summed E-state index contributed by atoms with van der Waals surface area (Å²) in [4.78, 5) is 5.56. The fourth-order valence-electron chi connectivity index (χ4n) is 1.77. The van der Waals surface area contributed by atoms with Crippen molar-refractivity contribution < 1.29 is 13.2 Å². The fourth-order valence-corrected chi connectivity index (χ4v) is 2.10. The van der Waals surface area contributed by atoms with Crippen LogP contribution in [-0.4, -0.2) is 31.2 Å². The number of pyridine rings is 1. The third-order valence-corrected chi connectivity index (χ3v) is 2.99. The predicted molar refractivity (Wildman–Crippen MR) is 62.0 cm³/mol. The predicted octanol–water partition coefficient (Wildman–Crippen LogP) is 2.27. The van der Waals surface area contributed by atoms with E-state index in [1.807, 2.05) is 0 Å². The summed E-state index contributed by atoms with van der Waals surface area (Å²) < 4.78 is 39.0. The molecule has 1 aliphatic rings. The summed E-state index contributed by atoms with van der Waals surface area (Å²) in [5, 5.41) is 3.09. The van der Waals surface area contributed by atoms with E-state index in [1.165, 1.54) is 6.20 Å². The molecule has 0 spiro atoms. The molecule has 1 fully saturated rings. The molecule has 0 aromatic carbocycles. The molecule has 0 saturated carbocycles. The minimum absolute atomic E-state index is 0.0159. The SMILES string of the molecule is FC(F)(F)c1cc(Br)cnc1N1CCNCC1. The summed E-state index contributed by atoms with van der Waals surface area (Å²) >= 11 is 3.02. The lowest BCUT2D eigenvalue weighted by Crippen LogP contribution is -2.44. The summed E-state index contributed by atoms with van der Waals surface area (Å²) in [6, 6.07) is 1.07. The maximum Gasteiger partial charge on any atom is 0.419 e. The van der Waals surface area contributed by atoms with Crippen molar-refractivity contribution in [3.63, 3.8) is 0 Å². The third kappa shape index (κ3) is 2.90. The molecular formula is C10H11BrF3N3. The first-order valence-electron chi connectivity index (χ1n) is 5.17. The lowest BCUT2D eigenvalue weighted by molar-refractivity contribution is -0.137. The number of alkyl halides is 3. The van der Waals surface area contributed by atoms with Crippen molar-refractivity contribution in [2.24, 2.45) is 0 Å². The van der Waals surface area contributed by atoms with Crippen molar-refractivity contribution in [1.82, 2.24) is 10.3 Å². The van der Waals surface area contributed by atoms with Gasteiger partial charge in [0.2, 0.25) is 0 Å². The lowest BCUT2D eigenvalue weighted by Gasteiger charge is -2.30. The van der Waals surface area contributed by atoms with Crippen LogP contribution in [0, 0.1) is 0 Å². The molecule has 0 amide bonds. The van der Waals surface area contributed by atoms with Crippen LogP contribution < -0.4 is 10.2 Å². The van der Waals surface area contributed by atoms with Gasteiger partial charge in [-0.15, -0.1) is 0 Å². The van der Waals surface area contributed by atoms with E-state index < -0.39 is 11.7 Å². The standard InChI is InChI=1S/C10H11BrF3N3/c11-7-5-8(10(12,13)14)9(16-6-7)17-3-1-15-2-4-17/h5-6,15H,1-4H2. The van der Waals surface area contributed by atoms with E-state index in [2.05, 4.69) is 26.2 Å². The molecule has 0 atom stereocenters. The van der Waals surface area contributed by atoms with Gasteiger partial charge < -0.3 is 10.2 Å². The molecule has 0 unspecified atom stereocenters. The van der Waals surface area contributed by atoms with Crippen molar-refractivity contribution in [2.45, 2.75) is 6.18 Å². The summed E-state index contributed by atoms with van der Waals surface area (Å²) in [5.41, 5.74) is -0.686. The summed E-state index contributed by atoms with van der Waals surface area (Å²) in [7, 11) is 0. The molecule has 0 bridgehead atoms. The van der Waals surface area contributed by atoms with Gasteiger partial charge >= 0.3 is 6.18 Å². The number of anilines is 1. The molecule has 1 saturated heterocycles. The van der Waals surface area contributed by atoms with E-state index in [0.717, 1.165) is 6.07 Å². The van der Waals surface area contributed by atoms with Crippen LogP contribution in [-0.2, 0) is 6.18 Å². The molecule has 1 aromatic heterocycles. The maximum atomic E-state index is 12.9. The van der Waals surface area contributed by atoms with Gasteiger partial charge in [-0.2, -0.15) is 13.2 Å². The second-order valence-corrected chi connectivity index (χ2v) is 4.68. The van der Waals surface area contributed by atoms with Crippen LogP contribution in [0.4, 0.5) is 19.0 Å². The highest BCUT2D eigenvalue weighted by molar-refractivity contribution is 9.10. The van der Waals surface area contributed by atoms with E-state index in [1.54, 1.807) is 4.90 Å². The van der Waals surface area contributed by atoms with Crippen LogP contribution in [0.1, 0.15) is 5.56 Å². The van der Waals surface area contributed by atoms with Gasteiger partial charge in [0.1, 0.15) is 5.82 Å². The molecule has 3 nitrogen and oxygen atoms in total. The van der Waals surface area contributed by atoms with E-state index in [0.29, 0.717) is 30.7 Å². The number of hydrogen-bond acceptors (Lipinski definition) is 3. The average Bonchev–Trinajstić information content (AvgIpc) is 2.29. The molecule has 2 rings (SSSR count). The van der Waals surface area contributed by atoms with Crippen LogP contribution in [0.2, 0.25) is 0 Å². The second-order valence-electron chi connectivity index (χ2n) is 3.76. The van der Waals surface area contributed by atoms with Crippen LogP contribution in [0.15, 0.2) is 16.7 Å². The third-order valence-electron chi connectivity index (χ3n) is 2.56.